The van der Waals surface area contributed by atoms with Gasteiger partial charge in [-0.25, -0.2) is 0 Å². The van der Waals surface area contributed by atoms with Crippen molar-refractivity contribution in [3.05, 3.63) is 29.3 Å². The number of benzene rings is 1. The van der Waals surface area contributed by atoms with Crippen LogP contribution in [0.25, 0.3) is 0 Å². The Bertz CT molecular complexity index is 433. The molecular weight excluding hydrogens is 250 g/mol. The molecule has 1 aromatic rings. The molecule has 0 aliphatic carbocycles. The van der Waals surface area contributed by atoms with Crippen LogP contribution in [-0.4, -0.2) is 41.8 Å². The third kappa shape index (κ3) is 3.97. The number of aliphatic hydroxyl groups is 1. The lowest BCUT2D eigenvalue weighted by Gasteiger charge is -2.34. The van der Waals surface area contributed by atoms with Crippen LogP contribution in [0.4, 0.5) is 0 Å². The monoisotopic (exact) mass is 277 g/mol. The fourth-order valence-corrected chi connectivity index (χ4v) is 2.82. The van der Waals surface area contributed by atoms with Gasteiger partial charge in [0.2, 0.25) is 0 Å². The van der Waals surface area contributed by atoms with Crippen molar-refractivity contribution in [2.75, 3.05) is 19.7 Å². The number of rotatable bonds is 5. The van der Waals surface area contributed by atoms with E-state index in [1.165, 1.54) is 24.8 Å². The van der Waals surface area contributed by atoms with Gasteiger partial charge in [0.25, 0.3) is 0 Å². The van der Waals surface area contributed by atoms with Gasteiger partial charge in [-0.1, -0.05) is 18.6 Å². The van der Waals surface area contributed by atoms with E-state index in [1.807, 2.05) is 12.1 Å². The van der Waals surface area contributed by atoms with Gasteiger partial charge in [-0.3, -0.25) is 4.90 Å². The summed E-state index contributed by atoms with van der Waals surface area (Å²) in [4.78, 5) is 2.38. The van der Waals surface area contributed by atoms with Gasteiger partial charge >= 0.3 is 0 Å². The molecule has 0 unspecified atom stereocenters. The Morgan fingerprint density at radius 2 is 2.15 bits per heavy atom. The van der Waals surface area contributed by atoms with Gasteiger partial charge in [-0.2, -0.15) is 0 Å². The van der Waals surface area contributed by atoms with Crippen LogP contribution >= 0.6 is 0 Å². The number of piperidine rings is 1. The first-order valence-corrected chi connectivity index (χ1v) is 7.69. The van der Waals surface area contributed by atoms with Crippen molar-refractivity contribution in [2.24, 2.45) is 0 Å². The number of aliphatic hydroxyl groups excluding tert-OH is 1. The van der Waals surface area contributed by atoms with Crippen LogP contribution in [0.15, 0.2) is 18.2 Å². The molecule has 3 heteroatoms. The maximum Gasteiger partial charge on any atom is 0.122 e. The highest BCUT2D eigenvalue weighted by molar-refractivity contribution is 5.38. The quantitative estimate of drug-likeness (QED) is 0.898. The summed E-state index contributed by atoms with van der Waals surface area (Å²) in [7, 11) is 0. The number of nitrogens with zero attached hydrogens (tertiary/aromatic N) is 1. The predicted molar refractivity (Wildman–Crippen MR) is 82.3 cm³/mol. The first-order valence-electron chi connectivity index (χ1n) is 7.69. The summed E-state index contributed by atoms with van der Waals surface area (Å²) >= 11 is 0. The number of ether oxygens (including phenoxy) is 1. The average molecular weight is 277 g/mol. The molecule has 0 amide bonds. The summed E-state index contributed by atoms with van der Waals surface area (Å²) in [6.45, 7) is 8.57. The van der Waals surface area contributed by atoms with Crippen LogP contribution in [0.1, 0.15) is 37.3 Å². The summed E-state index contributed by atoms with van der Waals surface area (Å²) in [5.41, 5.74) is 2.38. The van der Waals surface area contributed by atoms with Crippen LogP contribution < -0.4 is 4.74 Å². The lowest BCUT2D eigenvalue weighted by Crippen LogP contribution is -2.43. The minimum Gasteiger partial charge on any atom is -0.491 e. The summed E-state index contributed by atoms with van der Waals surface area (Å²) in [5, 5.41) is 10.2. The Labute approximate surface area is 122 Å². The molecule has 2 rings (SSSR count). The van der Waals surface area contributed by atoms with Crippen molar-refractivity contribution < 1.29 is 9.84 Å². The smallest absolute Gasteiger partial charge is 0.122 e. The number of hydrogen-bond acceptors (Lipinski definition) is 3. The van der Waals surface area contributed by atoms with Crippen LogP contribution in [0.3, 0.4) is 0 Å². The Hall–Kier alpha value is -1.06. The molecule has 3 nitrogen and oxygen atoms in total. The van der Waals surface area contributed by atoms with Gasteiger partial charge in [-0.15, -0.1) is 0 Å². The van der Waals surface area contributed by atoms with E-state index >= 15 is 0 Å². The summed E-state index contributed by atoms with van der Waals surface area (Å²) in [6, 6.07) is 6.63. The predicted octanol–water partition coefficient (Wildman–Crippen LogP) is 2.92. The third-order valence-corrected chi connectivity index (χ3v) is 4.37. The van der Waals surface area contributed by atoms with E-state index in [0.29, 0.717) is 19.2 Å². The standard InChI is InChI=1S/C17H27NO2/c1-13-7-6-9-17(15(13)3)20-12-16(19)11-18-10-5-4-8-14(18)2/h6-7,9,14,16,19H,4-5,8,10-12H2,1-3H3/t14-,16+/m1/s1. The van der Waals surface area contributed by atoms with E-state index in [1.54, 1.807) is 0 Å². The topological polar surface area (TPSA) is 32.7 Å². The van der Waals surface area contributed by atoms with Gasteiger partial charge in [0.1, 0.15) is 18.5 Å². The van der Waals surface area contributed by atoms with Crippen molar-refractivity contribution in [3.8, 4) is 5.75 Å². The van der Waals surface area contributed by atoms with Crippen LogP contribution in [-0.2, 0) is 0 Å². The van der Waals surface area contributed by atoms with E-state index in [9.17, 15) is 5.11 Å². The molecular formula is C17H27NO2. The summed E-state index contributed by atoms with van der Waals surface area (Å²) in [5.74, 6) is 0.885. The van der Waals surface area contributed by atoms with E-state index in [2.05, 4.69) is 31.7 Å². The Morgan fingerprint density at radius 1 is 1.35 bits per heavy atom. The maximum absolute atomic E-state index is 10.2. The van der Waals surface area contributed by atoms with E-state index in [-0.39, 0.29) is 0 Å². The van der Waals surface area contributed by atoms with Crippen molar-refractivity contribution in [1.82, 2.24) is 4.90 Å². The third-order valence-electron chi connectivity index (χ3n) is 4.37. The highest BCUT2D eigenvalue weighted by atomic mass is 16.5. The molecule has 1 N–H and O–H groups in total. The molecule has 0 bridgehead atoms. The molecule has 20 heavy (non-hydrogen) atoms. The number of β-amino-alcohol motifs (C(OH)–C–C–N with tert-alkyl or cyclic N) is 1. The normalized spacial score (nSPS) is 21.7. The fraction of sp³-hybridized carbons (Fsp3) is 0.647. The van der Waals surface area contributed by atoms with Crippen LogP contribution in [0, 0.1) is 13.8 Å². The maximum atomic E-state index is 10.2. The van der Waals surface area contributed by atoms with E-state index in [4.69, 9.17) is 4.74 Å². The molecule has 1 heterocycles. The molecule has 1 fully saturated rings. The van der Waals surface area contributed by atoms with Gasteiger partial charge in [-0.05, 0) is 57.4 Å². The van der Waals surface area contributed by atoms with Gasteiger partial charge in [0, 0.05) is 12.6 Å². The highest BCUT2D eigenvalue weighted by Gasteiger charge is 2.21. The summed E-state index contributed by atoms with van der Waals surface area (Å²) in [6.07, 6.45) is 3.38. The molecule has 0 saturated carbocycles. The minimum atomic E-state index is -0.421. The number of likely N-dealkylation sites (tertiary alicyclic amines) is 1. The second-order valence-corrected chi connectivity index (χ2v) is 6.00. The minimum absolute atomic E-state index is 0.369. The second-order valence-electron chi connectivity index (χ2n) is 6.00. The van der Waals surface area contributed by atoms with Crippen molar-refractivity contribution in [1.29, 1.82) is 0 Å². The molecule has 2 atom stereocenters. The Kier molecular flexibility index (Phi) is 5.44. The zero-order valence-electron chi connectivity index (χ0n) is 12.9. The van der Waals surface area contributed by atoms with Crippen molar-refractivity contribution in [3.63, 3.8) is 0 Å². The zero-order chi connectivity index (χ0) is 14.5. The SMILES string of the molecule is Cc1cccc(OC[C@@H](O)CN2CCCC[C@H]2C)c1C. The average Bonchev–Trinajstić information content (AvgIpc) is 2.43. The molecule has 1 saturated heterocycles. The lowest BCUT2D eigenvalue weighted by molar-refractivity contribution is 0.0436. The molecule has 1 aromatic carbocycles. The molecule has 112 valence electrons. The lowest BCUT2D eigenvalue weighted by atomic mass is 10.0. The largest absolute Gasteiger partial charge is 0.491 e. The molecule has 0 aromatic heterocycles. The fourth-order valence-electron chi connectivity index (χ4n) is 2.82. The molecule has 1 aliphatic heterocycles. The van der Waals surface area contributed by atoms with Gasteiger partial charge in [0.15, 0.2) is 0 Å². The van der Waals surface area contributed by atoms with Crippen LogP contribution in [0.2, 0.25) is 0 Å². The van der Waals surface area contributed by atoms with Gasteiger partial charge < -0.3 is 9.84 Å². The van der Waals surface area contributed by atoms with Gasteiger partial charge in [0.05, 0.1) is 0 Å². The van der Waals surface area contributed by atoms with Crippen LogP contribution in [0.5, 0.6) is 5.75 Å². The highest BCUT2D eigenvalue weighted by Crippen LogP contribution is 2.21. The first-order chi connectivity index (χ1) is 9.58. The van der Waals surface area contributed by atoms with Crippen molar-refractivity contribution >= 4 is 0 Å². The Morgan fingerprint density at radius 3 is 2.90 bits per heavy atom. The van der Waals surface area contributed by atoms with E-state index in [0.717, 1.165) is 17.9 Å². The molecule has 1 aliphatic rings. The van der Waals surface area contributed by atoms with E-state index < -0.39 is 6.10 Å². The summed E-state index contributed by atoms with van der Waals surface area (Å²) < 4.78 is 5.78. The zero-order valence-corrected chi connectivity index (χ0v) is 12.9. The number of hydrogen-bond donors (Lipinski definition) is 1. The molecule has 0 spiro atoms. The Balaban J connectivity index is 1.82. The first kappa shape index (κ1) is 15.3. The second kappa shape index (κ2) is 7.09. The number of aryl methyl sites for hydroxylation is 1. The van der Waals surface area contributed by atoms with Crippen molar-refractivity contribution in [2.45, 2.75) is 52.2 Å². The molecule has 0 radical (unpaired) electrons.